The Morgan fingerprint density at radius 3 is 2.63 bits per heavy atom. The van der Waals surface area contributed by atoms with Crippen LogP contribution in [0.1, 0.15) is 42.8 Å². The summed E-state index contributed by atoms with van der Waals surface area (Å²) in [5.41, 5.74) is 6.27. The first kappa shape index (κ1) is 18.6. The third-order valence-corrected chi connectivity index (χ3v) is 4.39. The van der Waals surface area contributed by atoms with Gasteiger partial charge in [-0.05, 0) is 39.2 Å². The van der Waals surface area contributed by atoms with Crippen molar-refractivity contribution in [3.63, 3.8) is 0 Å². The second-order valence-electron chi connectivity index (χ2n) is 4.67. The average Bonchev–Trinajstić information content (AvgIpc) is 2.67. The molecule has 1 aliphatic carbocycles. The van der Waals surface area contributed by atoms with Gasteiger partial charge in [0.05, 0.1) is 5.54 Å². The van der Waals surface area contributed by atoms with Crippen molar-refractivity contribution in [3.05, 3.63) is 16.1 Å². The Labute approximate surface area is 130 Å². The molecule has 0 saturated heterocycles. The fourth-order valence-electron chi connectivity index (χ4n) is 2.09. The van der Waals surface area contributed by atoms with E-state index in [4.69, 9.17) is 5.73 Å². The van der Waals surface area contributed by atoms with E-state index in [1.165, 1.54) is 0 Å². The van der Waals surface area contributed by atoms with Gasteiger partial charge in [0.25, 0.3) is 0 Å². The average molecular weight is 326 g/mol. The van der Waals surface area contributed by atoms with E-state index < -0.39 is 0 Å². The lowest BCUT2D eigenvalue weighted by atomic mass is 9.77. The Balaban J connectivity index is 0.00000162. The van der Waals surface area contributed by atoms with Crippen molar-refractivity contribution in [2.75, 3.05) is 6.54 Å². The highest BCUT2D eigenvalue weighted by Crippen LogP contribution is 2.42. The standard InChI is InChI=1S/C12H19N3OS.2ClH/c1-9-8-17-11(14-9)12(5-3-6-12)15-10(16)4-2-7-13;;/h8H,2-7,13H2,1H3,(H,15,16);2*1H. The number of aromatic nitrogens is 1. The van der Waals surface area contributed by atoms with Gasteiger partial charge in [0.2, 0.25) is 5.91 Å². The van der Waals surface area contributed by atoms with Crippen LogP contribution in [-0.2, 0) is 10.3 Å². The number of nitrogens with one attached hydrogen (secondary N) is 1. The Hall–Kier alpha value is -0.360. The molecule has 1 aliphatic rings. The maximum Gasteiger partial charge on any atom is 0.220 e. The fraction of sp³-hybridized carbons (Fsp3) is 0.667. The zero-order valence-electron chi connectivity index (χ0n) is 11.0. The van der Waals surface area contributed by atoms with Crippen molar-refractivity contribution in [1.29, 1.82) is 0 Å². The number of carbonyl (C=O) groups excluding carboxylic acids is 1. The van der Waals surface area contributed by atoms with Crippen molar-refractivity contribution < 1.29 is 4.79 Å². The molecular formula is C12H21Cl2N3OS. The lowest BCUT2D eigenvalue weighted by molar-refractivity contribution is -0.124. The summed E-state index contributed by atoms with van der Waals surface area (Å²) in [6, 6.07) is 0. The molecule has 2 rings (SSSR count). The summed E-state index contributed by atoms with van der Waals surface area (Å²) in [5.74, 6) is 0.100. The quantitative estimate of drug-likeness (QED) is 0.874. The Morgan fingerprint density at radius 1 is 1.53 bits per heavy atom. The van der Waals surface area contributed by atoms with Gasteiger partial charge in [-0.3, -0.25) is 4.79 Å². The molecule has 0 bridgehead atoms. The predicted octanol–water partition coefficient (Wildman–Crippen LogP) is 2.53. The highest BCUT2D eigenvalue weighted by molar-refractivity contribution is 7.09. The van der Waals surface area contributed by atoms with Crippen LogP contribution in [0, 0.1) is 6.92 Å². The molecule has 1 amide bonds. The maximum absolute atomic E-state index is 11.8. The van der Waals surface area contributed by atoms with E-state index in [1.54, 1.807) is 11.3 Å². The van der Waals surface area contributed by atoms with Crippen LogP contribution in [0.4, 0.5) is 0 Å². The molecule has 4 nitrogen and oxygen atoms in total. The maximum atomic E-state index is 11.8. The van der Waals surface area contributed by atoms with Gasteiger partial charge in [0.1, 0.15) is 5.01 Å². The number of amides is 1. The summed E-state index contributed by atoms with van der Waals surface area (Å²) in [6.45, 7) is 2.55. The molecule has 0 aliphatic heterocycles. The number of nitrogens with zero attached hydrogens (tertiary/aromatic N) is 1. The summed E-state index contributed by atoms with van der Waals surface area (Å²) >= 11 is 1.65. The minimum absolute atomic E-state index is 0. The molecule has 3 N–H and O–H groups in total. The third-order valence-electron chi connectivity index (χ3n) is 3.22. The highest BCUT2D eigenvalue weighted by atomic mass is 35.5. The SMILES string of the molecule is Cc1csc(C2(NC(=O)CCCN)CCC2)n1.Cl.Cl. The second-order valence-corrected chi connectivity index (χ2v) is 5.53. The monoisotopic (exact) mass is 325 g/mol. The van der Waals surface area contributed by atoms with E-state index in [9.17, 15) is 4.79 Å². The zero-order chi connectivity index (χ0) is 12.3. The molecule has 1 aromatic heterocycles. The van der Waals surface area contributed by atoms with E-state index in [2.05, 4.69) is 10.3 Å². The smallest absolute Gasteiger partial charge is 0.220 e. The summed E-state index contributed by atoms with van der Waals surface area (Å²) in [6.07, 6.45) is 4.44. The number of nitrogens with two attached hydrogens (primary N) is 1. The van der Waals surface area contributed by atoms with Crippen LogP contribution in [-0.4, -0.2) is 17.4 Å². The van der Waals surface area contributed by atoms with E-state index >= 15 is 0 Å². The number of carbonyl (C=O) groups is 1. The molecular weight excluding hydrogens is 305 g/mol. The molecule has 19 heavy (non-hydrogen) atoms. The first-order valence-electron chi connectivity index (χ1n) is 6.10. The number of hydrogen-bond acceptors (Lipinski definition) is 4. The van der Waals surface area contributed by atoms with E-state index in [0.29, 0.717) is 13.0 Å². The van der Waals surface area contributed by atoms with Crippen LogP contribution in [0.3, 0.4) is 0 Å². The molecule has 0 aromatic carbocycles. The summed E-state index contributed by atoms with van der Waals surface area (Å²) in [4.78, 5) is 16.3. The largest absolute Gasteiger partial charge is 0.344 e. The van der Waals surface area contributed by atoms with Crippen molar-refractivity contribution in [2.24, 2.45) is 5.73 Å². The van der Waals surface area contributed by atoms with Gasteiger partial charge in [-0.15, -0.1) is 36.2 Å². The van der Waals surface area contributed by atoms with Crippen LogP contribution < -0.4 is 11.1 Å². The topological polar surface area (TPSA) is 68.0 Å². The minimum atomic E-state index is -0.176. The molecule has 0 radical (unpaired) electrons. The molecule has 110 valence electrons. The first-order valence-corrected chi connectivity index (χ1v) is 6.98. The Kier molecular flexibility index (Phi) is 7.89. The van der Waals surface area contributed by atoms with E-state index in [0.717, 1.165) is 36.4 Å². The van der Waals surface area contributed by atoms with Crippen LogP contribution in [0.5, 0.6) is 0 Å². The molecule has 1 fully saturated rings. The number of halogens is 2. The van der Waals surface area contributed by atoms with Crippen LogP contribution in [0.2, 0.25) is 0 Å². The van der Waals surface area contributed by atoms with Crippen LogP contribution >= 0.6 is 36.2 Å². The predicted molar refractivity (Wildman–Crippen MR) is 83.3 cm³/mol. The van der Waals surface area contributed by atoms with Gasteiger partial charge in [-0.1, -0.05) is 0 Å². The normalized spacial score (nSPS) is 15.7. The van der Waals surface area contributed by atoms with Gasteiger partial charge < -0.3 is 11.1 Å². The fourth-order valence-corrected chi connectivity index (χ4v) is 3.10. The van der Waals surface area contributed by atoms with Crippen LogP contribution in [0.15, 0.2) is 5.38 Å². The van der Waals surface area contributed by atoms with Gasteiger partial charge in [-0.2, -0.15) is 0 Å². The van der Waals surface area contributed by atoms with E-state index in [1.807, 2.05) is 12.3 Å². The van der Waals surface area contributed by atoms with Crippen molar-refractivity contribution >= 4 is 42.1 Å². The molecule has 1 heterocycles. The number of hydrogen-bond donors (Lipinski definition) is 2. The lowest BCUT2D eigenvalue weighted by Gasteiger charge is -2.40. The third kappa shape index (κ3) is 4.31. The number of rotatable bonds is 5. The highest BCUT2D eigenvalue weighted by Gasteiger charge is 2.42. The molecule has 1 aromatic rings. The molecule has 0 unspecified atom stereocenters. The number of aryl methyl sites for hydroxylation is 1. The summed E-state index contributed by atoms with van der Waals surface area (Å²) < 4.78 is 0. The first-order chi connectivity index (χ1) is 8.16. The van der Waals surface area contributed by atoms with Crippen molar-refractivity contribution in [1.82, 2.24) is 10.3 Å². The molecule has 0 spiro atoms. The zero-order valence-corrected chi connectivity index (χ0v) is 13.4. The molecule has 7 heteroatoms. The van der Waals surface area contributed by atoms with Crippen molar-refractivity contribution in [2.45, 2.75) is 44.6 Å². The van der Waals surface area contributed by atoms with Gasteiger partial charge in [-0.25, -0.2) is 4.98 Å². The lowest BCUT2D eigenvalue weighted by Crippen LogP contribution is -2.50. The second kappa shape index (κ2) is 8.04. The van der Waals surface area contributed by atoms with Gasteiger partial charge >= 0.3 is 0 Å². The van der Waals surface area contributed by atoms with Crippen molar-refractivity contribution in [3.8, 4) is 0 Å². The molecule has 0 atom stereocenters. The minimum Gasteiger partial charge on any atom is -0.344 e. The Bertz CT molecular complexity index is 407. The number of thiazole rings is 1. The van der Waals surface area contributed by atoms with E-state index in [-0.39, 0.29) is 36.3 Å². The van der Waals surface area contributed by atoms with Gasteiger partial charge in [0.15, 0.2) is 0 Å². The summed E-state index contributed by atoms with van der Waals surface area (Å²) in [5, 5.41) is 6.25. The summed E-state index contributed by atoms with van der Waals surface area (Å²) in [7, 11) is 0. The van der Waals surface area contributed by atoms with Crippen LogP contribution in [0.25, 0.3) is 0 Å². The Morgan fingerprint density at radius 2 is 2.21 bits per heavy atom. The molecule has 1 saturated carbocycles. The van der Waals surface area contributed by atoms with Gasteiger partial charge in [0, 0.05) is 17.5 Å².